The lowest BCUT2D eigenvalue weighted by Gasteiger charge is -2.12. The Labute approximate surface area is 148 Å². The molecule has 2 aromatic carbocycles. The minimum absolute atomic E-state index is 0.0192. The van der Waals surface area contributed by atoms with E-state index in [4.69, 9.17) is 4.74 Å². The van der Waals surface area contributed by atoms with Gasteiger partial charge in [-0.3, -0.25) is 4.79 Å². The Hall–Kier alpha value is -2.40. The van der Waals surface area contributed by atoms with Crippen LogP contribution < -0.4 is 10.1 Å². The number of methoxy groups -OCH3 is 1. The average molecular weight is 344 g/mol. The van der Waals surface area contributed by atoms with Crippen molar-refractivity contribution in [3.8, 4) is 5.75 Å². The average Bonchev–Trinajstić information content (AvgIpc) is 2.60. The van der Waals surface area contributed by atoms with E-state index >= 15 is 0 Å². The predicted octanol–water partition coefficient (Wildman–Crippen LogP) is 3.14. The van der Waals surface area contributed by atoms with Crippen LogP contribution in [0.1, 0.15) is 23.1 Å². The molecule has 5 heteroatoms. The number of nitrogens with one attached hydrogen (secondary N) is 1. The fraction of sp³-hybridized carbons (Fsp3) is 0.350. The number of amides is 1. The van der Waals surface area contributed by atoms with Crippen molar-refractivity contribution < 1.29 is 13.9 Å². The van der Waals surface area contributed by atoms with E-state index in [0.717, 1.165) is 16.9 Å². The third-order valence-corrected chi connectivity index (χ3v) is 3.89. The van der Waals surface area contributed by atoms with Crippen LogP contribution in [0.4, 0.5) is 4.39 Å². The van der Waals surface area contributed by atoms with Gasteiger partial charge in [-0.1, -0.05) is 18.2 Å². The number of aryl methyl sites for hydroxylation is 1. The highest BCUT2D eigenvalue weighted by atomic mass is 19.1. The SMILES string of the molecule is COc1ccc(CCC(=O)NCc2ccc(F)c(CN(C)C)c2)cc1. The quantitative estimate of drug-likeness (QED) is 0.800. The van der Waals surface area contributed by atoms with Crippen molar-refractivity contribution in [2.24, 2.45) is 0 Å². The van der Waals surface area contributed by atoms with Gasteiger partial charge in [0.2, 0.25) is 5.91 Å². The summed E-state index contributed by atoms with van der Waals surface area (Å²) in [5, 5.41) is 2.89. The molecule has 4 nitrogen and oxygen atoms in total. The van der Waals surface area contributed by atoms with Gasteiger partial charge in [0.15, 0.2) is 0 Å². The Morgan fingerprint density at radius 3 is 2.44 bits per heavy atom. The van der Waals surface area contributed by atoms with Crippen molar-refractivity contribution >= 4 is 5.91 Å². The second-order valence-electron chi connectivity index (χ2n) is 6.29. The Morgan fingerprint density at radius 1 is 1.12 bits per heavy atom. The molecular weight excluding hydrogens is 319 g/mol. The predicted molar refractivity (Wildman–Crippen MR) is 97.0 cm³/mol. The van der Waals surface area contributed by atoms with Crippen LogP contribution in [-0.4, -0.2) is 32.0 Å². The number of benzene rings is 2. The van der Waals surface area contributed by atoms with Gasteiger partial charge in [0.25, 0.3) is 0 Å². The molecule has 0 spiro atoms. The topological polar surface area (TPSA) is 41.6 Å². The number of carbonyl (C=O) groups is 1. The first-order valence-corrected chi connectivity index (χ1v) is 8.29. The van der Waals surface area contributed by atoms with Crippen LogP contribution >= 0.6 is 0 Å². The van der Waals surface area contributed by atoms with Crippen molar-refractivity contribution in [2.75, 3.05) is 21.2 Å². The molecule has 2 rings (SSSR count). The highest BCUT2D eigenvalue weighted by Crippen LogP contribution is 2.14. The lowest BCUT2D eigenvalue weighted by atomic mass is 10.1. The van der Waals surface area contributed by atoms with Crippen LogP contribution in [0.15, 0.2) is 42.5 Å². The number of ether oxygens (including phenoxy) is 1. The first-order chi connectivity index (χ1) is 12.0. The molecule has 0 unspecified atom stereocenters. The Bertz CT molecular complexity index is 699. The number of hydrogen-bond acceptors (Lipinski definition) is 3. The van der Waals surface area contributed by atoms with E-state index in [9.17, 15) is 9.18 Å². The van der Waals surface area contributed by atoms with Crippen LogP contribution in [0, 0.1) is 5.82 Å². The molecule has 134 valence electrons. The van der Waals surface area contributed by atoms with Gasteiger partial charge in [0.05, 0.1) is 7.11 Å². The van der Waals surface area contributed by atoms with Gasteiger partial charge in [-0.25, -0.2) is 4.39 Å². The molecule has 25 heavy (non-hydrogen) atoms. The van der Waals surface area contributed by atoms with Crippen molar-refractivity contribution in [2.45, 2.75) is 25.9 Å². The van der Waals surface area contributed by atoms with Crippen LogP contribution in [0.25, 0.3) is 0 Å². The summed E-state index contributed by atoms with van der Waals surface area (Å²) in [4.78, 5) is 13.9. The van der Waals surface area contributed by atoms with Crippen molar-refractivity contribution in [1.29, 1.82) is 0 Å². The fourth-order valence-corrected chi connectivity index (χ4v) is 2.54. The second-order valence-corrected chi connectivity index (χ2v) is 6.29. The molecular formula is C20H25FN2O2. The monoisotopic (exact) mass is 344 g/mol. The molecule has 0 fully saturated rings. The molecule has 0 aromatic heterocycles. The maximum absolute atomic E-state index is 13.8. The van der Waals surface area contributed by atoms with E-state index in [-0.39, 0.29) is 11.7 Å². The Kier molecular flexibility index (Phi) is 6.95. The van der Waals surface area contributed by atoms with Gasteiger partial charge >= 0.3 is 0 Å². The van der Waals surface area contributed by atoms with Gasteiger partial charge in [-0.15, -0.1) is 0 Å². The van der Waals surface area contributed by atoms with Gasteiger partial charge in [0, 0.05) is 25.1 Å². The first-order valence-electron chi connectivity index (χ1n) is 8.29. The number of hydrogen-bond donors (Lipinski definition) is 1. The van der Waals surface area contributed by atoms with E-state index in [1.165, 1.54) is 6.07 Å². The molecule has 0 radical (unpaired) electrons. The van der Waals surface area contributed by atoms with Gasteiger partial charge in [0.1, 0.15) is 11.6 Å². The largest absolute Gasteiger partial charge is 0.497 e. The zero-order valence-electron chi connectivity index (χ0n) is 15.0. The standard InChI is InChI=1S/C20H25FN2O2/c1-23(2)14-17-12-16(6-10-19(17)21)13-22-20(24)11-7-15-4-8-18(25-3)9-5-15/h4-6,8-10,12H,7,11,13-14H2,1-3H3,(H,22,24). The van der Waals surface area contributed by atoms with E-state index in [1.54, 1.807) is 19.2 Å². The molecule has 0 aliphatic heterocycles. The summed E-state index contributed by atoms with van der Waals surface area (Å²) < 4.78 is 18.9. The summed E-state index contributed by atoms with van der Waals surface area (Å²) in [5.41, 5.74) is 2.62. The highest BCUT2D eigenvalue weighted by molar-refractivity contribution is 5.76. The molecule has 0 aliphatic carbocycles. The van der Waals surface area contributed by atoms with E-state index in [1.807, 2.05) is 43.3 Å². The Balaban J connectivity index is 1.83. The minimum atomic E-state index is -0.219. The van der Waals surface area contributed by atoms with Gasteiger partial charge in [-0.05, 0) is 55.9 Å². The zero-order chi connectivity index (χ0) is 18.2. The summed E-state index contributed by atoms with van der Waals surface area (Å²) in [7, 11) is 5.42. The van der Waals surface area contributed by atoms with Crippen LogP contribution in [-0.2, 0) is 24.3 Å². The van der Waals surface area contributed by atoms with E-state index < -0.39 is 0 Å². The Morgan fingerprint density at radius 2 is 1.80 bits per heavy atom. The van der Waals surface area contributed by atoms with Crippen LogP contribution in [0.3, 0.4) is 0 Å². The van der Waals surface area contributed by atoms with Crippen molar-refractivity contribution in [3.05, 3.63) is 65.0 Å². The number of rotatable bonds is 8. The molecule has 0 saturated heterocycles. The zero-order valence-corrected chi connectivity index (χ0v) is 15.0. The smallest absolute Gasteiger partial charge is 0.220 e. The molecule has 0 atom stereocenters. The normalized spacial score (nSPS) is 10.8. The van der Waals surface area contributed by atoms with Crippen molar-refractivity contribution in [1.82, 2.24) is 10.2 Å². The summed E-state index contributed by atoms with van der Waals surface area (Å²) in [5.74, 6) is 0.565. The summed E-state index contributed by atoms with van der Waals surface area (Å²) in [6.45, 7) is 0.938. The third-order valence-electron chi connectivity index (χ3n) is 3.89. The van der Waals surface area contributed by atoms with Gasteiger partial charge in [-0.2, -0.15) is 0 Å². The summed E-state index contributed by atoms with van der Waals surface area (Å²) >= 11 is 0. The van der Waals surface area contributed by atoms with Crippen LogP contribution in [0.5, 0.6) is 5.75 Å². The molecule has 0 saturated carbocycles. The second kappa shape index (κ2) is 9.18. The number of carbonyl (C=O) groups excluding carboxylic acids is 1. The lowest BCUT2D eigenvalue weighted by molar-refractivity contribution is -0.121. The van der Waals surface area contributed by atoms with Crippen molar-refractivity contribution in [3.63, 3.8) is 0 Å². The first kappa shape index (κ1) is 18.9. The van der Waals surface area contributed by atoms with E-state index in [0.29, 0.717) is 31.5 Å². The highest BCUT2D eigenvalue weighted by Gasteiger charge is 2.07. The van der Waals surface area contributed by atoms with E-state index in [2.05, 4.69) is 5.32 Å². The summed E-state index contributed by atoms with van der Waals surface area (Å²) in [6, 6.07) is 12.7. The number of nitrogens with zero attached hydrogens (tertiary/aromatic N) is 1. The maximum atomic E-state index is 13.8. The fourth-order valence-electron chi connectivity index (χ4n) is 2.54. The number of halogens is 1. The molecule has 0 heterocycles. The molecule has 1 N–H and O–H groups in total. The molecule has 2 aromatic rings. The minimum Gasteiger partial charge on any atom is -0.497 e. The maximum Gasteiger partial charge on any atom is 0.220 e. The molecule has 1 amide bonds. The summed E-state index contributed by atoms with van der Waals surface area (Å²) in [6.07, 6.45) is 1.09. The molecule has 0 aliphatic rings. The van der Waals surface area contributed by atoms with Gasteiger partial charge < -0.3 is 15.0 Å². The van der Waals surface area contributed by atoms with Crippen LogP contribution in [0.2, 0.25) is 0 Å². The lowest BCUT2D eigenvalue weighted by Crippen LogP contribution is -2.23. The molecule has 0 bridgehead atoms. The third kappa shape index (κ3) is 6.19.